The van der Waals surface area contributed by atoms with Crippen LogP contribution in [0.3, 0.4) is 0 Å². The predicted molar refractivity (Wildman–Crippen MR) is 30.7 cm³/mol. The van der Waals surface area contributed by atoms with Crippen LogP contribution in [0.2, 0.25) is 5.02 Å². The number of anilines is 1. The summed E-state index contributed by atoms with van der Waals surface area (Å²) in [4.78, 5) is 0. The maximum Gasteiger partial charge on any atom is 0.241 e. The minimum atomic E-state index is -2.36. The molecule has 2 N–H and O–H groups in total. The number of halogens is 1. The Labute approximate surface area is 55.6 Å². The minimum Gasteiger partial charge on any atom is -0.366 e. The molecule has 0 saturated carbocycles. The van der Waals surface area contributed by atoms with Gasteiger partial charge in [0.15, 0.2) is 0 Å². The van der Waals surface area contributed by atoms with Gasteiger partial charge in [-0.25, -0.2) is 0 Å². The average Bonchev–Trinajstić information content (AvgIpc) is 2.11. The van der Waals surface area contributed by atoms with Crippen molar-refractivity contribution >= 4 is 17.5 Å². The van der Waals surface area contributed by atoms with Crippen molar-refractivity contribution in [1.29, 1.82) is 0 Å². The van der Waals surface area contributed by atoms with E-state index in [1.54, 1.807) is 0 Å². The van der Waals surface area contributed by atoms with Gasteiger partial charge in [0.25, 0.3) is 0 Å². The second-order valence-electron chi connectivity index (χ2n) is 1.21. The highest BCUT2D eigenvalue weighted by Gasteiger charge is 2.03. The van der Waals surface area contributed by atoms with Gasteiger partial charge in [0.2, 0.25) is 5.88 Å². The number of aromatic nitrogens is 1. The topological polar surface area (TPSA) is 52.0 Å². The summed E-state index contributed by atoms with van der Waals surface area (Å²) in [6.07, 6.45) is 0. The molecule has 4 heteroatoms. The number of rotatable bonds is 0. The summed E-state index contributed by atoms with van der Waals surface area (Å²) < 4.78 is 25.1. The van der Waals surface area contributed by atoms with Crippen molar-refractivity contribution in [2.24, 2.45) is 0 Å². The maximum atomic E-state index is 6.90. The molecule has 44 valence electrons. The number of nitrogens with zero attached hydrogens (tertiary/aromatic N) is 1. The normalized spacial score (nSPS) is 16.9. The van der Waals surface area contributed by atoms with Crippen LogP contribution in [0.1, 0.15) is 9.81 Å². The Bertz CT molecular complexity index is 269. The number of aryl methyl sites for hydroxylation is 1. The maximum absolute atomic E-state index is 6.90. The van der Waals surface area contributed by atoms with E-state index < -0.39 is 6.85 Å². The minimum absolute atomic E-state index is 0.134. The predicted octanol–water partition coefficient (Wildman–Crippen LogP) is 1.22. The molecule has 0 atom stereocenters. The van der Waals surface area contributed by atoms with E-state index >= 15 is 0 Å². The molecule has 0 radical (unpaired) electrons. The van der Waals surface area contributed by atoms with Crippen molar-refractivity contribution in [2.75, 3.05) is 5.73 Å². The quantitative estimate of drug-likeness (QED) is 0.582. The zero-order chi connectivity index (χ0) is 8.65. The van der Waals surface area contributed by atoms with Crippen molar-refractivity contribution in [3.8, 4) is 0 Å². The van der Waals surface area contributed by atoms with E-state index in [2.05, 4.69) is 9.68 Å². The smallest absolute Gasteiger partial charge is 0.241 e. The fourth-order valence-corrected chi connectivity index (χ4v) is 0.361. The van der Waals surface area contributed by atoms with Gasteiger partial charge < -0.3 is 10.3 Å². The number of hydrogen-bond donors (Lipinski definition) is 1. The lowest BCUT2D eigenvalue weighted by molar-refractivity contribution is 0.431. The molecule has 3 nitrogen and oxygen atoms in total. The van der Waals surface area contributed by atoms with Gasteiger partial charge in [0.1, 0.15) is 10.7 Å². The van der Waals surface area contributed by atoms with Crippen LogP contribution in [0.5, 0.6) is 0 Å². The van der Waals surface area contributed by atoms with Crippen LogP contribution in [0, 0.1) is 6.85 Å². The van der Waals surface area contributed by atoms with Crippen LogP contribution in [0.25, 0.3) is 0 Å². The van der Waals surface area contributed by atoms with Crippen LogP contribution in [-0.2, 0) is 0 Å². The monoisotopic (exact) mass is 135 g/mol. The van der Waals surface area contributed by atoms with Gasteiger partial charge in [-0.15, -0.1) is 0 Å². The van der Waals surface area contributed by atoms with Gasteiger partial charge in [-0.05, 0) is 6.85 Å². The van der Waals surface area contributed by atoms with Crippen LogP contribution in [0.4, 0.5) is 5.88 Å². The van der Waals surface area contributed by atoms with Crippen molar-refractivity contribution in [2.45, 2.75) is 6.85 Å². The van der Waals surface area contributed by atoms with Gasteiger partial charge in [-0.3, -0.25) is 0 Å². The SMILES string of the molecule is [2H]C([2H])([2H])c1noc(N)c1Cl. The second-order valence-corrected chi connectivity index (χ2v) is 1.59. The number of nitrogen functional groups attached to an aromatic ring is 1. The molecular weight excluding hydrogens is 128 g/mol. The molecule has 1 aromatic rings. The first kappa shape index (κ1) is 2.73. The Balaban J connectivity index is 3.15. The Morgan fingerprint density at radius 3 is 3.00 bits per heavy atom. The van der Waals surface area contributed by atoms with Gasteiger partial charge >= 0.3 is 0 Å². The highest BCUT2D eigenvalue weighted by Crippen LogP contribution is 2.20. The Morgan fingerprint density at radius 2 is 2.75 bits per heavy atom. The third-order valence-corrected chi connectivity index (χ3v) is 1.02. The molecule has 8 heavy (non-hydrogen) atoms. The molecule has 0 aliphatic carbocycles. The molecule has 1 heterocycles. The Kier molecular flexibility index (Phi) is 0.569. The van der Waals surface area contributed by atoms with Crippen molar-refractivity contribution in [1.82, 2.24) is 5.16 Å². The van der Waals surface area contributed by atoms with Crippen molar-refractivity contribution in [3.63, 3.8) is 0 Å². The summed E-state index contributed by atoms with van der Waals surface area (Å²) >= 11 is 5.45. The fraction of sp³-hybridized carbons (Fsp3) is 0.250. The van der Waals surface area contributed by atoms with E-state index in [0.29, 0.717) is 0 Å². The van der Waals surface area contributed by atoms with E-state index in [0.717, 1.165) is 0 Å². The first-order valence-electron chi connectivity index (χ1n) is 3.34. The van der Waals surface area contributed by atoms with Gasteiger partial charge in [0.05, 0.1) is 0 Å². The van der Waals surface area contributed by atoms with Crippen molar-refractivity contribution < 1.29 is 8.64 Å². The summed E-state index contributed by atoms with van der Waals surface area (Å²) in [6, 6.07) is 0. The van der Waals surface area contributed by atoms with E-state index in [4.69, 9.17) is 21.4 Å². The lowest BCUT2D eigenvalue weighted by atomic mass is 10.5. The van der Waals surface area contributed by atoms with Gasteiger partial charge in [-0.1, -0.05) is 16.8 Å². The lowest BCUT2D eigenvalue weighted by Crippen LogP contribution is -1.78. The molecule has 0 bridgehead atoms. The molecule has 0 unspecified atom stereocenters. The standard InChI is InChI=1S/C4H5ClN2O/c1-2-3(5)4(6)8-7-2/h6H2,1H3/i1D3. The third kappa shape index (κ3) is 0.648. The highest BCUT2D eigenvalue weighted by molar-refractivity contribution is 6.33. The summed E-state index contributed by atoms with van der Waals surface area (Å²) in [5.74, 6) is -0.169. The molecule has 0 aliphatic heterocycles. The molecule has 0 fully saturated rings. The summed E-state index contributed by atoms with van der Waals surface area (Å²) in [7, 11) is 0. The molecular formula is C4H5ClN2O. The van der Waals surface area contributed by atoms with Crippen LogP contribution in [0.15, 0.2) is 4.52 Å². The van der Waals surface area contributed by atoms with Crippen molar-refractivity contribution in [3.05, 3.63) is 10.7 Å². The first-order chi connectivity index (χ1) is 4.93. The summed E-state index contributed by atoms with van der Waals surface area (Å²) in [5, 5.41) is 3.06. The zero-order valence-electron chi connectivity index (χ0n) is 6.81. The largest absolute Gasteiger partial charge is 0.366 e. The molecule has 0 amide bonds. The van der Waals surface area contributed by atoms with Crippen LogP contribution >= 0.6 is 11.6 Å². The van der Waals surface area contributed by atoms with Crippen LogP contribution in [-0.4, -0.2) is 5.16 Å². The molecule has 0 saturated heterocycles. The first-order valence-corrected chi connectivity index (χ1v) is 2.22. The van der Waals surface area contributed by atoms with Gasteiger partial charge in [-0.2, -0.15) is 0 Å². The highest BCUT2D eigenvalue weighted by atomic mass is 35.5. The fourth-order valence-electron chi connectivity index (χ4n) is 0.292. The van der Waals surface area contributed by atoms with E-state index in [-0.39, 0.29) is 16.6 Å². The average molecular weight is 136 g/mol. The number of hydrogen-bond acceptors (Lipinski definition) is 3. The molecule has 1 rings (SSSR count). The zero-order valence-corrected chi connectivity index (χ0v) is 4.57. The Morgan fingerprint density at radius 1 is 2.00 bits per heavy atom. The molecule has 1 aromatic heterocycles. The second kappa shape index (κ2) is 1.67. The molecule has 0 spiro atoms. The van der Waals surface area contributed by atoms with E-state index in [9.17, 15) is 0 Å². The summed E-state index contributed by atoms with van der Waals surface area (Å²) in [6.45, 7) is -2.36. The van der Waals surface area contributed by atoms with E-state index in [1.165, 1.54) is 0 Å². The molecule has 0 aromatic carbocycles. The van der Waals surface area contributed by atoms with Crippen LogP contribution < -0.4 is 5.73 Å². The summed E-state index contributed by atoms with van der Waals surface area (Å²) in [5.41, 5.74) is 4.83. The molecule has 0 aliphatic rings. The number of nitrogens with two attached hydrogens (primary N) is 1. The Hall–Kier alpha value is -0.700. The third-order valence-electron chi connectivity index (χ3n) is 0.660. The lowest BCUT2D eigenvalue weighted by Gasteiger charge is -1.77. The van der Waals surface area contributed by atoms with E-state index in [1.807, 2.05) is 0 Å². The van der Waals surface area contributed by atoms with Gasteiger partial charge in [0, 0.05) is 4.11 Å².